The number of para-hydroxylation sites is 1. The van der Waals surface area contributed by atoms with E-state index in [1.165, 1.54) is 5.56 Å². The summed E-state index contributed by atoms with van der Waals surface area (Å²) in [5.41, 5.74) is 4.25. The van der Waals surface area contributed by atoms with Crippen LogP contribution >= 0.6 is 0 Å². The van der Waals surface area contributed by atoms with Crippen molar-refractivity contribution < 1.29 is 9.53 Å². The van der Waals surface area contributed by atoms with Crippen LogP contribution in [0.5, 0.6) is 0 Å². The number of amides is 1. The Morgan fingerprint density at radius 1 is 1.20 bits per heavy atom. The standard InChI is InChI=1S/C23H35N5O2/c1-18-21(19(2)28(25-18)20-9-7-6-8-10-20)15-26(5)16-22(29)24-17-23(3,4)27-11-13-30-14-12-27/h6-10H,11-17H2,1-5H3,(H,24,29). The number of hydrogen-bond donors (Lipinski definition) is 1. The van der Waals surface area contributed by atoms with E-state index in [-0.39, 0.29) is 11.4 Å². The predicted molar refractivity (Wildman–Crippen MR) is 119 cm³/mol. The van der Waals surface area contributed by atoms with Crippen LogP contribution < -0.4 is 5.32 Å². The lowest BCUT2D eigenvalue weighted by atomic mass is 10.0. The molecule has 7 nitrogen and oxygen atoms in total. The van der Waals surface area contributed by atoms with Gasteiger partial charge < -0.3 is 10.1 Å². The number of likely N-dealkylation sites (N-methyl/N-ethyl adjacent to an activating group) is 1. The van der Waals surface area contributed by atoms with Crippen LogP contribution in [0.15, 0.2) is 30.3 Å². The molecule has 0 radical (unpaired) electrons. The predicted octanol–water partition coefficient (Wildman–Crippen LogP) is 2.15. The zero-order valence-corrected chi connectivity index (χ0v) is 18.9. The number of morpholine rings is 1. The number of benzene rings is 1. The van der Waals surface area contributed by atoms with Gasteiger partial charge in [0, 0.05) is 43.0 Å². The van der Waals surface area contributed by atoms with Crippen molar-refractivity contribution in [1.82, 2.24) is 24.9 Å². The molecule has 2 heterocycles. The lowest BCUT2D eigenvalue weighted by Crippen LogP contribution is -2.56. The molecule has 0 spiro atoms. The minimum atomic E-state index is -0.0813. The van der Waals surface area contributed by atoms with E-state index in [1.54, 1.807) is 0 Å². The van der Waals surface area contributed by atoms with E-state index < -0.39 is 0 Å². The van der Waals surface area contributed by atoms with E-state index in [0.29, 0.717) is 19.6 Å². The first-order chi connectivity index (χ1) is 14.3. The number of carbonyl (C=O) groups is 1. The quantitative estimate of drug-likeness (QED) is 0.719. The van der Waals surface area contributed by atoms with E-state index in [9.17, 15) is 4.79 Å². The summed E-state index contributed by atoms with van der Waals surface area (Å²) in [7, 11) is 1.98. The Kier molecular flexibility index (Phi) is 7.28. The molecule has 0 bridgehead atoms. The molecular formula is C23H35N5O2. The summed E-state index contributed by atoms with van der Waals surface area (Å²) in [6, 6.07) is 10.1. The van der Waals surface area contributed by atoms with Crippen molar-refractivity contribution in [3.05, 3.63) is 47.3 Å². The monoisotopic (exact) mass is 413 g/mol. The van der Waals surface area contributed by atoms with Crippen molar-refractivity contribution >= 4 is 5.91 Å². The summed E-state index contributed by atoms with van der Waals surface area (Å²) in [4.78, 5) is 17.0. The largest absolute Gasteiger partial charge is 0.379 e. The van der Waals surface area contributed by atoms with Gasteiger partial charge in [-0.15, -0.1) is 0 Å². The van der Waals surface area contributed by atoms with Crippen molar-refractivity contribution in [2.75, 3.05) is 46.4 Å². The van der Waals surface area contributed by atoms with Gasteiger partial charge >= 0.3 is 0 Å². The zero-order valence-electron chi connectivity index (χ0n) is 18.9. The minimum absolute atomic E-state index is 0.0459. The van der Waals surface area contributed by atoms with Crippen LogP contribution in [0.25, 0.3) is 5.69 Å². The van der Waals surface area contributed by atoms with Gasteiger partial charge in [0.2, 0.25) is 5.91 Å². The summed E-state index contributed by atoms with van der Waals surface area (Å²) >= 11 is 0. The Morgan fingerprint density at radius 3 is 2.53 bits per heavy atom. The molecule has 1 aliphatic heterocycles. The molecule has 1 saturated heterocycles. The fraction of sp³-hybridized carbons (Fsp3) is 0.565. The van der Waals surface area contributed by atoms with Crippen LogP contribution in [0.2, 0.25) is 0 Å². The molecule has 164 valence electrons. The maximum atomic E-state index is 12.6. The van der Waals surface area contributed by atoms with E-state index in [4.69, 9.17) is 9.84 Å². The third-order valence-electron chi connectivity index (χ3n) is 5.87. The van der Waals surface area contributed by atoms with Gasteiger partial charge in [-0.3, -0.25) is 14.6 Å². The Hall–Kier alpha value is -2.22. The number of nitrogens with one attached hydrogen (secondary N) is 1. The first-order valence-electron chi connectivity index (χ1n) is 10.7. The van der Waals surface area contributed by atoms with E-state index in [1.807, 2.05) is 41.8 Å². The smallest absolute Gasteiger partial charge is 0.234 e. The molecule has 1 aromatic carbocycles. The Morgan fingerprint density at radius 2 is 1.87 bits per heavy atom. The molecule has 7 heteroatoms. The van der Waals surface area contributed by atoms with Crippen LogP contribution in [-0.4, -0.2) is 77.5 Å². The van der Waals surface area contributed by atoms with Crippen LogP contribution in [0.1, 0.15) is 30.8 Å². The van der Waals surface area contributed by atoms with Crippen molar-refractivity contribution in [2.45, 2.75) is 39.8 Å². The average Bonchev–Trinajstić information content (AvgIpc) is 3.02. The molecule has 30 heavy (non-hydrogen) atoms. The average molecular weight is 414 g/mol. The molecule has 0 aliphatic carbocycles. The number of nitrogens with zero attached hydrogens (tertiary/aromatic N) is 4. The molecule has 0 atom stereocenters. The molecule has 1 amide bonds. The van der Waals surface area contributed by atoms with Crippen LogP contribution in [0.3, 0.4) is 0 Å². The van der Waals surface area contributed by atoms with Crippen molar-refractivity contribution in [1.29, 1.82) is 0 Å². The minimum Gasteiger partial charge on any atom is -0.379 e. The Bertz CT molecular complexity index is 841. The molecule has 1 aliphatic rings. The second-order valence-corrected chi connectivity index (χ2v) is 8.76. The number of aromatic nitrogens is 2. The third-order valence-corrected chi connectivity index (χ3v) is 5.87. The van der Waals surface area contributed by atoms with E-state index >= 15 is 0 Å². The third kappa shape index (κ3) is 5.47. The van der Waals surface area contributed by atoms with Gasteiger partial charge in [-0.05, 0) is 46.9 Å². The van der Waals surface area contributed by atoms with Crippen molar-refractivity contribution in [3.63, 3.8) is 0 Å². The van der Waals surface area contributed by atoms with Gasteiger partial charge in [0.15, 0.2) is 0 Å². The van der Waals surface area contributed by atoms with Gasteiger partial charge in [-0.25, -0.2) is 4.68 Å². The molecule has 0 unspecified atom stereocenters. The summed E-state index contributed by atoms with van der Waals surface area (Å²) < 4.78 is 7.41. The normalized spacial score (nSPS) is 15.5. The topological polar surface area (TPSA) is 62.6 Å². The lowest BCUT2D eigenvalue weighted by Gasteiger charge is -2.40. The summed E-state index contributed by atoms with van der Waals surface area (Å²) in [6.07, 6.45) is 0. The number of rotatable bonds is 8. The van der Waals surface area contributed by atoms with Crippen LogP contribution in [0, 0.1) is 13.8 Å². The lowest BCUT2D eigenvalue weighted by molar-refractivity contribution is -0.122. The zero-order chi connectivity index (χ0) is 21.7. The maximum Gasteiger partial charge on any atom is 0.234 e. The summed E-state index contributed by atoms with van der Waals surface area (Å²) in [5.74, 6) is 0.0459. The first kappa shape index (κ1) is 22.5. The second-order valence-electron chi connectivity index (χ2n) is 8.76. The number of carbonyl (C=O) groups excluding carboxylic acids is 1. The summed E-state index contributed by atoms with van der Waals surface area (Å²) in [6.45, 7) is 13.5. The van der Waals surface area contributed by atoms with Crippen molar-refractivity contribution in [3.8, 4) is 5.69 Å². The molecule has 1 N–H and O–H groups in total. The number of aryl methyl sites for hydroxylation is 1. The highest BCUT2D eigenvalue weighted by Crippen LogP contribution is 2.19. The highest BCUT2D eigenvalue weighted by Gasteiger charge is 2.28. The van der Waals surface area contributed by atoms with Crippen LogP contribution in [-0.2, 0) is 16.1 Å². The molecule has 0 saturated carbocycles. The fourth-order valence-electron chi connectivity index (χ4n) is 3.95. The van der Waals surface area contributed by atoms with Gasteiger partial charge in [-0.2, -0.15) is 5.10 Å². The fourth-order valence-corrected chi connectivity index (χ4v) is 3.95. The molecule has 3 rings (SSSR count). The Labute approximate surface area is 180 Å². The molecule has 1 fully saturated rings. The van der Waals surface area contributed by atoms with Crippen LogP contribution in [0.4, 0.5) is 0 Å². The van der Waals surface area contributed by atoms with Crippen molar-refractivity contribution in [2.24, 2.45) is 0 Å². The van der Waals surface area contributed by atoms with E-state index in [2.05, 4.69) is 43.1 Å². The number of ether oxygens (including phenoxy) is 1. The van der Waals surface area contributed by atoms with Gasteiger partial charge in [0.05, 0.1) is 31.1 Å². The van der Waals surface area contributed by atoms with Gasteiger partial charge in [0.25, 0.3) is 0 Å². The second kappa shape index (κ2) is 9.73. The molecular weight excluding hydrogens is 378 g/mol. The Balaban J connectivity index is 1.54. The van der Waals surface area contributed by atoms with Gasteiger partial charge in [-0.1, -0.05) is 18.2 Å². The highest BCUT2D eigenvalue weighted by atomic mass is 16.5. The summed E-state index contributed by atoms with van der Waals surface area (Å²) in [5, 5.41) is 7.82. The number of hydrogen-bond acceptors (Lipinski definition) is 5. The molecule has 1 aromatic heterocycles. The SMILES string of the molecule is Cc1nn(-c2ccccc2)c(C)c1CN(C)CC(=O)NCC(C)(C)N1CCOCC1. The maximum absolute atomic E-state index is 12.6. The van der Waals surface area contributed by atoms with E-state index in [0.717, 1.165) is 43.4 Å². The highest BCUT2D eigenvalue weighted by molar-refractivity contribution is 5.78. The molecule has 2 aromatic rings. The van der Waals surface area contributed by atoms with Gasteiger partial charge in [0.1, 0.15) is 0 Å². The first-order valence-corrected chi connectivity index (χ1v) is 10.7.